The summed E-state index contributed by atoms with van der Waals surface area (Å²) in [5.74, 6) is -0.454. The molecule has 1 aromatic rings. The van der Waals surface area contributed by atoms with Gasteiger partial charge >= 0.3 is 125 Å². The Morgan fingerprint density at radius 2 is 1.95 bits per heavy atom. The second-order valence-corrected chi connectivity index (χ2v) is 31.6. The van der Waals surface area contributed by atoms with E-state index in [0.717, 1.165) is 6.42 Å². The molecule has 1 atom stereocenters. The van der Waals surface area contributed by atoms with Gasteiger partial charge in [-0.25, -0.2) is 0 Å². The first-order valence-electron chi connectivity index (χ1n) is 7.07. The van der Waals surface area contributed by atoms with Crippen molar-refractivity contribution >= 4 is 18.0 Å². The van der Waals surface area contributed by atoms with Crippen LogP contribution in [0.4, 0.5) is 0 Å². The van der Waals surface area contributed by atoms with Gasteiger partial charge in [-0.15, -0.1) is 0 Å². The van der Waals surface area contributed by atoms with Crippen molar-refractivity contribution in [3.63, 3.8) is 0 Å². The molecular weight excluding hydrogens is 488 g/mol. The van der Waals surface area contributed by atoms with Crippen molar-refractivity contribution in [2.24, 2.45) is 0 Å². The molecule has 1 N–H and O–H groups in total. The summed E-state index contributed by atoms with van der Waals surface area (Å²) in [6.45, 7) is 6.88. The van der Waals surface area contributed by atoms with Gasteiger partial charge in [-0.3, -0.25) is 0 Å². The molecule has 0 saturated heterocycles. The molecule has 0 fully saturated rings. The molecule has 0 aliphatic heterocycles. The van der Waals surface area contributed by atoms with Crippen LogP contribution in [0.3, 0.4) is 0 Å². The summed E-state index contributed by atoms with van der Waals surface area (Å²) < 4.78 is 4.06. The predicted octanol–water partition coefficient (Wildman–Crippen LogP) is -2.80. The van der Waals surface area contributed by atoms with Gasteiger partial charge in [0.25, 0.3) is 0 Å². The smallest absolute Gasteiger partial charge is 1.00 e. The van der Waals surface area contributed by atoms with Crippen molar-refractivity contribution in [2.45, 2.75) is 36.5 Å². The first-order valence-corrected chi connectivity index (χ1v) is 20.0. The van der Waals surface area contributed by atoms with Crippen molar-refractivity contribution in [1.29, 1.82) is 0 Å². The fourth-order valence-electron chi connectivity index (χ4n) is 2.55. The van der Waals surface area contributed by atoms with Gasteiger partial charge in [0.1, 0.15) is 0 Å². The maximum atomic E-state index is 12.0. The molecule has 2 rings (SSSR count). The normalized spacial score (nSPS) is 15.0. The standard InChI is InChI=1S/C9H7.C4H9NO.C2H7Si.2ClH.Hf/c1-2-5-9-7-3-6-8(9)4-1;1-2-3-4(5)6;1-3-2;;;/h1-7H;2-3H2,1H3,(H2,5,6);3H,1-2H3;2*1H;/q;;;;;+3/p-3. The molecule has 0 spiro atoms. The van der Waals surface area contributed by atoms with Crippen LogP contribution in [0.1, 0.15) is 34.6 Å². The summed E-state index contributed by atoms with van der Waals surface area (Å²) in [6.07, 6.45) is 6.23. The monoisotopic (exact) mass is 510 g/mol. The van der Waals surface area contributed by atoms with Crippen LogP contribution in [-0.2, 0) is 25.7 Å². The maximum absolute atomic E-state index is 12.0. The van der Waals surface area contributed by atoms with Gasteiger partial charge in [0.2, 0.25) is 0 Å². The van der Waals surface area contributed by atoms with E-state index in [1.165, 1.54) is 11.1 Å². The van der Waals surface area contributed by atoms with Gasteiger partial charge in [-0.2, -0.15) is 0 Å². The average molecular weight is 510 g/mol. The number of hydrogen-bond acceptors (Lipinski definition) is 1. The molecule has 21 heavy (non-hydrogen) atoms. The number of allylic oxidation sites excluding steroid dienone is 1. The number of fused-ring (bicyclic) bond motifs is 1. The summed E-state index contributed by atoms with van der Waals surface area (Å²) in [7, 11) is 0. The Kier molecular flexibility index (Phi) is 10.0. The Hall–Kier alpha value is 0.0970. The minimum Gasteiger partial charge on any atom is -1.00 e. The second-order valence-electron chi connectivity index (χ2n) is 5.37. The van der Waals surface area contributed by atoms with E-state index in [1.807, 2.05) is 0 Å². The van der Waals surface area contributed by atoms with Gasteiger partial charge in [0.05, 0.1) is 0 Å². The Labute approximate surface area is 149 Å². The number of hydrogen-bond donors (Lipinski definition) is 1. The van der Waals surface area contributed by atoms with E-state index in [9.17, 15) is 4.79 Å². The topological polar surface area (TPSA) is 29.1 Å². The Morgan fingerprint density at radius 1 is 1.29 bits per heavy atom. The first-order chi connectivity index (χ1) is 9.13. The third-order valence-corrected chi connectivity index (χ3v) is 28.5. The Balaban J connectivity index is 0.00000200. The maximum Gasteiger partial charge on any atom is -1.00 e. The van der Waals surface area contributed by atoms with Gasteiger partial charge in [-0.1, -0.05) is 0 Å². The van der Waals surface area contributed by atoms with Gasteiger partial charge < -0.3 is 24.8 Å². The van der Waals surface area contributed by atoms with Crippen molar-refractivity contribution in [1.82, 2.24) is 3.30 Å². The van der Waals surface area contributed by atoms with E-state index < -0.39 is 26.9 Å². The number of amides is 1. The number of nitrogens with one attached hydrogen (secondary N) is 1. The zero-order valence-electron chi connectivity index (χ0n) is 12.7. The molecule has 115 valence electrons. The summed E-state index contributed by atoms with van der Waals surface area (Å²) in [4.78, 5) is 12.0. The minimum atomic E-state index is -2.06. The average Bonchev–Trinajstić information content (AvgIpc) is 2.79. The van der Waals surface area contributed by atoms with Crippen LogP contribution in [-0.4, -0.2) is 11.9 Å². The van der Waals surface area contributed by atoms with Gasteiger partial charge in [0.15, 0.2) is 0 Å². The molecule has 1 aliphatic rings. The first kappa shape index (κ1) is 21.1. The largest absolute Gasteiger partial charge is 1.00 e. The SMILES string of the molecule is CCCC(=O)[NH][Hf+2]([CH]1C=Cc2ccccc21)[SiH](C)C.[Cl-].[Cl-]. The van der Waals surface area contributed by atoms with Crippen molar-refractivity contribution in [3.8, 4) is 0 Å². The molecule has 0 radical (unpaired) electrons. The van der Waals surface area contributed by atoms with Crippen LogP contribution in [0, 0.1) is 0 Å². The fraction of sp³-hybridized carbons (Fsp3) is 0.400. The molecule has 1 amide bonds. The molecule has 0 bridgehead atoms. The molecule has 6 heteroatoms. The number of carbonyl (C=O) groups is 1. The van der Waals surface area contributed by atoms with E-state index in [0.29, 0.717) is 16.0 Å². The number of halogens is 2. The van der Waals surface area contributed by atoms with E-state index in [-0.39, 0.29) is 24.8 Å². The van der Waals surface area contributed by atoms with E-state index >= 15 is 0 Å². The molecule has 1 aliphatic carbocycles. The Bertz CT molecular complexity index is 496. The third-order valence-electron chi connectivity index (χ3n) is 3.52. The molecule has 1 unspecified atom stereocenters. The number of rotatable bonds is 5. The predicted molar refractivity (Wildman–Crippen MR) is 80.1 cm³/mol. The van der Waals surface area contributed by atoms with Crippen LogP contribution in [0.5, 0.6) is 0 Å². The molecular formula is C15H22Cl2HfNOSi. The van der Waals surface area contributed by atoms with Crippen molar-refractivity contribution in [2.75, 3.05) is 0 Å². The molecule has 0 heterocycles. The van der Waals surface area contributed by atoms with Gasteiger partial charge in [-0.05, 0) is 0 Å². The van der Waals surface area contributed by atoms with Crippen LogP contribution in [0.25, 0.3) is 6.08 Å². The Morgan fingerprint density at radius 3 is 2.57 bits per heavy atom. The molecule has 0 saturated carbocycles. The van der Waals surface area contributed by atoms with Crippen LogP contribution in [0.15, 0.2) is 30.3 Å². The quantitative estimate of drug-likeness (QED) is 0.427. The summed E-state index contributed by atoms with van der Waals surface area (Å²) in [5, 5.41) is 0. The van der Waals surface area contributed by atoms with Gasteiger partial charge in [0, 0.05) is 0 Å². The van der Waals surface area contributed by atoms with E-state index in [2.05, 4.69) is 59.7 Å². The molecule has 2 nitrogen and oxygen atoms in total. The zero-order valence-corrected chi connectivity index (χ0v) is 19.0. The fourth-order valence-corrected chi connectivity index (χ4v) is 23.5. The van der Waals surface area contributed by atoms with Crippen molar-refractivity contribution < 1.29 is 50.5 Å². The summed E-state index contributed by atoms with van der Waals surface area (Å²) in [5.41, 5.74) is 2.82. The van der Waals surface area contributed by atoms with Crippen molar-refractivity contribution in [3.05, 3.63) is 41.5 Å². The van der Waals surface area contributed by atoms with E-state index in [1.54, 1.807) is 0 Å². The summed E-state index contributed by atoms with van der Waals surface area (Å²) >= 11 is -2.06. The number of carbonyl (C=O) groups excluding carboxylic acids is 1. The van der Waals surface area contributed by atoms with Crippen LogP contribution in [0.2, 0.25) is 13.1 Å². The third kappa shape index (κ3) is 5.34. The van der Waals surface area contributed by atoms with Crippen LogP contribution >= 0.6 is 0 Å². The summed E-state index contributed by atoms with van der Waals surface area (Å²) in [6, 6.07) is 8.65. The molecule has 1 aromatic carbocycles. The van der Waals surface area contributed by atoms with E-state index in [4.69, 9.17) is 0 Å². The number of benzene rings is 1. The van der Waals surface area contributed by atoms with Crippen LogP contribution < -0.4 is 28.1 Å². The second kappa shape index (κ2) is 9.98. The minimum absolute atomic E-state index is 0. The zero-order chi connectivity index (χ0) is 13.8. The molecule has 0 aromatic heterocycles.